The highest BCUT2D eigenvalue weighted by Gasteiger charge is 2.32. The Morgan fingerprint density at radius 3 is 2.85 bits per heavy atom. The monoisotopic (exact) mass is 354 g/mol. The highest BCUT2D eigenvalue weighted by molar-refractivity contribution is 5.93. The van der Waals surface area contributed by atoms with E-state index >= 15 is 0 Å². The molecule has 4 rings (SSSR count). The molecule has 3 heterocycles. The molecule has 1 saturated carbocycles. The molecule has 1 atom stereocenters. The molecular formula is C18H22N6O2. The fourth-order valence-corrected chi connectivity index (χ4v) is 3.56. The summed E-state index contributed by atoms with van der Waals surface area (Å²) >= 11 is 0. The Bertz CT molecular complexity index is 808. The standard InChI is InChI=1S/C18H22N6O2/c19-18(26)11-1-3-20-16(7-11)23-13-5-12(6-13)15-8-17(22-10-21-15)24-4-2-14(25)9-24/h1,3,7-8,10,12-14,25H,2,4-6,9H2,(H2,19,26)(H,20,23). The zero-order chi connectivity index (χ0) is 18.1. The number of hydrogen-bond donors (Lipinski definition) is 3. The van der Waals surface area contributed by atoms with Crippen molar-refractivity contribution in [3.63, 3.8) is 0 Å². The lowest BCUT2D eigenvalue weighted by atomic mass is 9.78. The van der Waals surface area contributed by atoms with E-state index < -0.39 is 5.91 Å². The molecule has 1 aliphatic carbocycles. The number of carbonyl (C=O) groups excluding carboxylic acids is 1. The first kappa shape index (κ1) is 16.7. The third-order valence-electron chi connectivity index (χ3n) is 5.11. The lowest BCUT2D eigenvalue weighted by Gasteiger charge is -2.36. The molecule has 1 amide bonds. The number of carbonyl (C=O) groups is 1. The zero-order valence-corrected chi connectivity index (χ0v) is 14.4. The molecule has 136 valence electrons. The number of rotatable bonds is 5. The molecule has 0 aromatic carbocycles. The van der Waals surface area contributed by atoms with Crippen molar-refractivity contribution >= 4 is 17.5 Å². The lowest BCUT2D eigenvalue weighted by molar-refractivity contribution is 0.1000. The summed E-state index contributed by atoms with van der Waals surface area (Å²) in [5.74, 6) is 1.47. The fraction of sp³-hybridized carbons (Fsp3) is 0.444. The van der Waals surface area contributed by atoms with Gasteiger partial charge in [-0.1, -0.05) is 0 Å². The second-order valence-corrected chi connectivity index (χ2v) is 6.99. The Hall–Kier alpha value is -2.74. The minimum atomic E-state index is -0.456. The number of pyridine rings is 1. The second kappa shape index (κ2) is 6.87. The molecule has 0 bridgehead atoms. The fourth-order valence-electron chi connectivity index (χ4n) is 3.56. The Balaban J connectivity index is 1.36. The molecule has 4 N–H and O–H groups in total. The summed E-state index contributed by atoms with van der Waals surface area (Å²) in [6.45, 7) is 1.46. The number of aliphatic hydroxyl groups excluding tert-OH is 1. The first-order chi connectivity index (χ1) is 12.6. The number of aliphatic hydroxyl groups is 1. The topological polar surface area (TPSA) is 117 Å². The Morgan fingerprint density at radius 2 is 2.12 bits per heavy atom. The maximum atomic E-state index is 11.3. The van der Waals surface area contributed by atoms with Gasteiger partial charge in [0.25, 0.3) is 0 Å². The number of anilines is 2. The Kier molecular flexibility index (Phi) is 4.42. The van der Waals surface area contributed by atoms with Crippen LogP contribution in [0, 0.1) is 0 Å². The van der Waals surface area contributed by atoms with Crippen LogP contribution >= 0.6 is 0 Å². The van der Waals surface area contributed by atoms with Crippen LogP contribution in [0.3, 0.4) is 0 Å². The molecule has 2 fully saturated rings. The van der Waals surface area contributed by atoms with Gasteiger partial charge in [-0.15, -0.1) is 0 Å². The van der Waals surface area contributed by atoms with Crippen molar-refractivity contribution in [3.8, 4) is 0 Å². The van der Waals surface area contributed by atoms with Crippen LogP contribution in [0.5, 0.6) is 0 Å². The average molecular weight is 354 g/mol. The van der Waals surface area contributed by atoms with Gasteiger partial charge in [0.2, 0.25) is 5.91 Å². The highest BCUT2D eigenvalue weighted by Crippen LogP contribution is 2.38. The summed E-state index contributed by atoms with van der Waals surface area (Å²) < 4.78 is 0. The molecule has 1 aliphatic heterocycles. The number of nitrogens with two attached hydrogens (primary N) is 1. The zero-order valence-electron chi connectivity index (χ0n) is 14.4. The number of β-amino-alcohol motifs (C(OH)–C–C–N with tert-alkyl or cyclic N) is 1. The van der Waals surface area contributed by atoms with Gasteiger partial charge in [-0.05, 0) is 31.4 Å². The summed E-state index contributed by atoms with van der Waals surface area (Å²) in [6.07, 6.45) is 5.59. The molecule has 1 unspecified atom stereocenters. The molecule has 2 aromatic heterocycles. The van der Waals surface area contributed by atoms with Crippen LogP contribution in [0.25, 0.3) is 0 Å². The van der Waals surface area contributed by atoms with Crippen LogP contribution in [-0.4, -0.2) is 51.2 Å². The van der Waals surface area contributed by atoms with E-state index in [0.29, 0.717) is 29.9 Å². The van der Waals surface area contributed by atoms with E-state index in [0.717, 1.165) is 37.3 Å². The predicted molar refractivity (Wildman–Crippen MR) is 97.0 cm³/mol. The van der Waals surface area contributed by atoms with Crippen LogP contribution in [-0.2, 0) is 0 Å². The van der Waals surface area contributed by atoms with Crippen molar-refractivity contribution in [3.05, 3.63) is 42.0 Å². The summed E-state index contributed by atoms with van der Waals surface area (Å²) in [6, 6.07) is 5.61. The number of aromatic nitrogens is 3. The van der Waals surface area contributed by atoms with Gasteiger partial charge < -0.3 is 21.1 Å². The van der Waals surface area contributed by atoms with Gasteiger partial charge in [0.1, 0.15) is 18.0 Å². The van der Waals surface area contributed by atoms with E-state index in [2.05, 4.69) is 25.2 Å². The smallest absolute Gasteiger partial charge is 0.248 e. The maximum absolute atomic E-state index is 11.3. The number of nitrogens with one attached hydrogen (secondary N) is 1. The third kappa shape index (κ3) is 3.45. The molecule has 0 spiro atoms. The molecule has 0 radical (unpaired) electrons. The van der Waals surface area contributed by atoms with Crippen molar-refractivity contribution < 1.29 is 9.90 Å². The van der Waals surface area contributed by atoms with E-state index in [9.17, 15) is 9.90 Å². The van der Waals surface area contributed by atoms with Crippen molar-refractivity contribution in [2.24, 2.45) is 5.73 Å². The number of nitrogens with zero attached hydrogens (tertiary/aromatic N) is 4. The lowest BCUT2D eigenvalue weighted by Crippen LogP contribution is -2.35. The summed E-state index contributed by atoms with van der Waals surface area (Å²) in [5.41, 5.74) is 6.79. The summed E-state index contributed by atoms with van der Waals surface area (Å²) in [4.78, 5) is 26.4. The van der Waals surface area contributed by atoms with Gasteiger partial charge in [0, 0.05) is 48.6 Å². The van der Waals surface area contributed by atoms with Gasteiger partial charge in [0.15, 0.2) is 0 Å². The van der Waals surface area contributed by atoms with Gasteiger partial charge in [-0.3, -0.25) is 4.79 Å². The quantitative estimate of drug-likeness (QED) is 0.730. The second-order valence-electron chi connectivity index (χ2n) is 6.99. The van der Waals surface area contributed by atoms with E-state index in [-0.39, 0.29) is 6.10 Å². The van der Waals surface area contributed by atoms with Crippen LogP contribution in [0.15, 0.2) is 30.7 Å². The molecule has 2 aromatic rings. The largest absolute Gasteiger partial charge is 0.391 e. The van der Waals surface area contributed by atoms with E-state index in [1.807, 2.05) is 6.07 Å². The molecule has 8 heteroatoms. The minimum absolute atomic E-state index is 0.269. The average Bonchev–Trinajstić information content (AvgIpc) is 3.04. The van der Waals surface area contributed by atoms with Crippen LogP contribution < -0.4 is 16.0 Å². The Morgan fingerprint density at radius 1 is 1.27 bits per heavy atom. The molecular weight excluding hydrogens is 332 g/mol. The number of hydrogen-bond acceptors (Lipinski definition) is 7. The van der Waals surface area contributed by atoms with Gasteiger partial charge in [-0.2, -0.15) is 0 Å². The first-order valence-corrected chi connectivity index (χ1v) is 8.86. The van der Waals surface area contributed by atoms with Crippen LogP contribution in [0.4, 0.5) is 11.6 Å². The van der Waals surface area contributed by atoms with Crippen molar-refractivity contribution in [2.45, 2.75) is 37.3 Å². The van der Waals surface area contributed by atoms with Gasteiger partial charge in [-0.25, -0.2) is 15.0 Å². The highest BCUT2D eigenvalue weighted by atomic mass is 16.3. The normalized spacial score (nSPS) is 25.0. The van der Waals surface area contributed by atoms with Gasteiger partial charge in [0.05, 0.1) is 6.10 Å². The van der Waals surface area contributed by atoms with Crippen molar-refractivity contribution in [1.82, 2.24) is 15.0 Å². The van der Waals surface area contributed by atoms with Crippen molar-refractivity contribution in [2.75, 3.05) is 23.3 Å². The number of primary amides is 1. The summed E-state index contributed by atoms with van der Waals surface area (Å²) in [5, 5.41) is 13.0. The van der Waals surface area contributed by atoms with E-state index in [4.69, 9.17) is 5.73 Å². The SMILES string of the molecule is NC(=O)c1ccnc(NC2CC(c3cc(N4CCC(O)C4)ncn3)C2)c1. The van der Waals surface area contributed by atoms with Crippen molar-refractivity contribution in [1.29, 1.82) is 0 Å². The molecule has 1 saturated heterocycles. The third-order valence-corrected chi connectivity index (χ3v) is 5.11. The summed E-state index contributed by atoms with van der Waals surface area (Å²) in [7, 11) is 0. The van der Waals surface area contributed by atoms with E-state index in [1.54, 1.807) is 24.7 Å². The first-order valence-electron chi connectivity index (χ1n) is 8.86. The molecule has 26 heavy (non-hydrogen) atoms. The van der Waals surface area contributed by atoms with Crippen LogP contribution in [0.2, 0.25) is 0 Å². The maximum Gasteiger partial charge on any atom is 0.248 e. The Labute approximate surface area is 151 Å². The number of amides is 1. The van der Waals surface area contributed by atoms with E-state index in [1.165, 1.54) is 0 Å². The van der Waals surface area contributed by atoms with Gasteiger partial charge >= 0.3 is 0 Å². The molecule has 2 aliphatic rings. The molecule has 8 nitrogen and oxygen atoms in total. The predicted octanol–water partition coefficient (Wildman–Crippen LogP) is 0.900. The minimum Gasteiger partial charge on any atom is -0.391 e. The van der Waals surface area contributed by atoms with Crippen LogP contribution in [0.1, 0.15) is 41.2 Å².